The van der Waals surface area contributed by atoms with Crippen LogP contribution >= 0.6 is 11.3 Å². The Labute approximate surface area is 359 Å². The molecular formula is C59H37NS. The molecule has 2 aliphatic carbocycles. The van der Waals surface area contributed by atoms with Crippen molar-refractivity contribution in [3.63, 3.8) is 0 Å². The van der Waals surface area contributed by atoms with E-state index in [2.05, 4.69) is 229 Å². The molecule has 0 radical (unpaired) electrons. The fraction of sp³-hybridized carbons (Fsp3) is 0.0169. The fourth-order valence-corrected chi connectivity index (χ4v) is 12.0. The van der Waals surface area contributed by atoms with Crippen molar-refractivity contribution in [1.29, 1.82) is 0 Å². The van der Waals surface area contributed by atoms with E-state index in [0.717, 1.165) is 17.1 Å². The molecule has 284 valence electrons. The number of rotatable bonds is 5. The van der Waals surface area contributed by atoms with Gasteiger partial charge in [-0.25, -0.2) is 0 Å². The van der Waals surface area contributed by atoms with Crippen LogP contribution in [0.3, 0.4) is 0 Å². The number of fused-ring (bicyclic) bond motifs is 14. The third-order valence-corrected chi connectivity index (χ3v) is 14.5. The molecule has 0 unspecified atom stereocenters. The highest BCUT2D eigenvalue weighted by Gasteiger charge is 2.53. The summed E-state index contributed by atoms with van der Waals surface area (Å²) in [6.07, 6.45) is 0. The molecule has 2 heteroatoms. The third kappa shape index (κ3) is 5.00. The Morgan fingerprint density at radius 3 is 1.74 bits per heavy atom. The van der Waals surface area contributed by atoms with E-state index in [-0.39, 0.29) is 5.41 Å². The molecule has 11 aromatic rings. The summed E-state index contributed by atoms with van der Waals surface area (Å²) in [7, 11) is 0. The predicted octanol–water partition coefficient (Wildman–Crippen LogP) is 16.4. The van der Waals surface area contributed by atoms with Crippen LogP contribution in [0.15, 0.2) is 224 Å². The van der Waals surface area contributed by atoms with Crippen LogP contribution in [0.1, 0.15) is 21.6 Å². The number of anilines is 3. The van der Waals surface area contributed by atoms with Crippen molar-refractivity contribution in [1.82, 2.24) is 0 Å². The van der Waals surface area contributed by atoms with Crippen LogP contribution in [0.4, 0.5) is 17.1 Å². The first-order valence-electron chi connectivity index (χ1n) is 21.1. The number of hydrogen-bond donors (Lipinski definition) is 0. The lowest BCUT2D eigenvalue weighted by Crippen LogP contribution is -2.24. The average Bonchev–Trinajstić information content (AvgIpc) is 3.96. The smallest absolute Gasteiger partial charge is 0.0819 e. The molecule has 0 fully saturated rings. The van der Waals surface area contributed by atoms with Gasteiger partial charge in [0.25, 0.3) is 0 Å². The Morgan fingerprint density at radius 1 is 0.344 bits per heavy atom. The van der Waals surface area contributed by atoms with Crippen LogP contribution in [0.2, 0.25) is 0 Å². The van der Waals surface area contributed by atoms with Crippen molar-refractivity contribution < 1.29 is 0 Å². The fourth-order valence-electron chi connectivity index (χ4n) is 10.5. The van der Waals surface area contributed by atoms with Crippen LogP contribution in [-0.4, -0.2) is 0 Å². The molecule has 10 aromatic carbocycles. The van der Waals surface area contributed by atoms with Crippen molar-refractivity contribution >= 4 is 60.0 Å². The van der Waals surface area contributed by atoms with Gasteiger partial charge in [0.1, 0.15) is 0 Å². The first-order valence-corrected chi connectivity index (χ1v) is 21.9. The van der Waals surface area contributed by atoms with Crippen molar-refractivity contribution in [2.24, 2.45) is 0 Å². The summed E-state index contributed by atoms with van der Waals surface area (Å²) in [6.45, 7) is 0. The van der Waals surface area contributed by atoms with E-state index in [1.54, 1.807) is 0 Å². The van der Waals surface area contributed by atoms with E-state index in [9.17, 15) is 0 Å². The van der Waals surface area contributed by atoms with Crippen molar-refractivity contribution in [2.45, 2.75) is 5.41 Å². The van der Waals surface area contributed by atoms with Crippen LogP contribution in [0.25, 0.3) is 76.1 Å². The molecule has 0 saturated heterocycles. The topological polar surface area (TPSA) is 3.24 Å². The largest absolute Gasteiger partial charge is 0.310 e. The minimum absolute atomic E-state index is 0.336. The number of benzene rings is 10. The lowest BCUT2D eigenvalue weighted by Gasteiger charge is -2.29. The molecule has 0 N–H and O–H groups in total. The predicted molar refractivity (Wildman–Crippen MR) is 259 cm³/mol. The standard InChI is InChI=1S/C59H37NS/c1-2-13-38(14-3-1)39-27-31-45(32-28-39)60(55-23-12-16-40-15-4-5-17-47(40)55)46-33-29-42-35-41(25-26-43(42)36-46)44-30-34-54-51(37-44)57-50-20-8-11-24-56(50)61-58(57)59(54)52-21-9-6-18-48(52)49-19-7-10-22-53(49)59/h1-37H. The third-order valence-electron chi connectivity index (χ3n) is 13.2. The quantitative estimate of drug-likeness (QED) is 0.168. The van der Waals surface area contributed by atoms with Gasteiger partial charge in [-0.15, -0.1) is 11.3 Å². The number of nitrogens with zero attached hydrogens (tertiary/aromatic N) is 1. The van der Waals surface area contributed by atoms with E-state index in [1.165, 1.54) is 97.7 Å². The monoisotopic (exact) mass is 791 g/mol. The van der Waals surface area contributed by atoms with Gasteiger partial charge in [0.2, 0.25) is 0 Å². The van der Waals surface area contributed by atoms with Gasteiger partial charge < -0.3 is 4.90 Å². The van der Waals surface area contributed by atoms with Gasteiger partial charge in [0.15, 0.2) is 0 Å². The molecular weight excluding hydrogens is 755 g/mol. The Kier molecular flexibility index (Phi) is 7.46. The van der Waals surface area contributed by atoms with Gasteiger partial charge in [0.05, 0.1) is 11.1 Å². The second-order valence-electron chi connectivity index (χ2n) is 16.4. The van der Waals surface area contributed by atoms with Gasteiger partial charge >= 0.3 is 0 Å². The molecule has 0 bridgehead atoms. The van der Waals surface area contributed by atoms with Gasteiger partial charge in [-0.3, -0.25) is 0 Å². The zero-order valence-electron chi connectivity index (χ0n) is 33.2. The summed E-state index contributed by atoms with van der Waals surface area (Å²) in [5.74, 6) is 0. The van der Waals surface area contributed by atoms with E-state index in [0.29, 0.717) is 0 Å². The summed E-state index contributed by atoms with van der Waals surface area (Å²) < 4.78 is 1.34. The normalized spacial score (nSPS) is 13.0. The van der Waals surface area contributed by atoms with Crippen LogP contribution in [0, 0.1) is 0 Å². The minimum Gasteiger partial charge on any atom is -0.310 e. The molecule has 0 atom stereocenters. The lowest BCUT2D eigenvalue weighted by atomic mass is 9.73. The Morgan fingerprint density at radius 2 is 0.918 bits per heavy atom. The van der Waals surface area contributed by atoms with Gasteiger partial charge in [-0.2, -0.15) is 0 Å². The van der Waals surface area contributed by atoms with E-state index in [4.69, 9.17) is 0 Å². The second-order valence-corrected chi connectivity index (χ2v) is 17.4. The maximum absolute atomic E-state index is 2.47. The Hall–Kier alpha value is -7.52. The summed E-state index contributed by atoms with van der Waals surface area (Å²) in [4.78, 5) is 3.85. The van der Waals surface area contributed by atoms with Crippen LogP contribution in [0.5, 0.6) is 0 Å². The zero-order valence-corrected chi connectivity index (χ0v) is 34.0. The van der Waals surface area contributed by atoms with Crippen LogP contribution in [-0.2, 0) is 5.41 Å². The molecule has 1 spiro atoms. The van der Waals surface area contributed by atoms with E-state index in [1.807, 2.05) is 11.3 Å². The molecule has 1 heterocycles. The summed E-state index contributed by atoms with van der Waals surface area (Å²) in [5, 5.41) is 6.21. The van der Waals surface area contributed by atoms with Gasteiger partial charge in [0, 0.05) is 37.3 Å². The highest BCUT2D eigenvalue weighted by molar-refractivity contribution is 7.20. The SMILES string of the molecule is c1ccc(-c2ccc(N(c3ccc4cc(-c5ccc6c(c5)-c5c(sc7ccccc57)C65c6ccccc6-c6ccccc65)ccc4c3)c3cccc4ccccc34)cc2)cc1. The zero-order chi connectivity index (χ0) is 40.1. The summed E-state index contributed by atoms with van der Waals surface area (Å²) >= 11 is 1.97. The highest BCUT2D eigenvalue weighted by Crippen LogP contribution is 2.66. The number of hydrogen-bond acceptors (Lipinski definition) is 2. The molecule has 0 aliphatic heterocycles. The Balaban J connectivity index is 0.941. The molecule has 61 heavy (non-hydrogen) atoms. The number of thiophene rings is 1. The maximum Gasteiger partial charge on any atom is 0.0819 e. The summed E-state index contributed by atoms with van der Waals surface area (Å²) in [5.41, 5.74) is 17.5. The van der Waals surface area contributed by atoms with Gasteiger partial charge in [-0.05, 0) is 120 Å². The minimum atomic E-state index is -0.336. The van der Waals surface area contributed by atoms with Crippen molar-refractivity contribution in [2.75, 3.05) is 4.90 Å². The highest BCUT2D eigenvalue weighted by atomic mass is 32.1. The van der Waals surface area contributed by atoms with E-state index < -0.39 is 0 Å². The van der Waals surface area contributed by atoms with Crippen molar-refractivity contribution in [3.05, 3.63) is 246 Å². The lowest BCUT2D eigenvalue weighted by molar-refractivity contribution is 0.812. The van der Waals surface area contributed by atoms with Crippen molar-refractivity contribution in [3.8, 4) is 44.5 Å². The summed E-state index contributed by atoms with van der Waals surface area (Å²) in [6, 6.07) is 83.2. The van der Waals surface area contributed by atoms with E-state index >= 15 is 0 Å². The molecule has 0 amide bonds. The molecule has 13 rings (SSSR count). The van der Waals surface area contributed by atoms with Crippen LogP contribution < -0.4 is 4.90 Å². The maximum atomic E-state index is 2.47. The first-order chi connectivity index (χ1) is 30.2. The molecule has 1 aromatic heterocycles. The molecule has 0 saturated carbocycles. The average molecular weight is 792 g/mol. The molecule has 2 aliphatic rings. The molecule has 1 nitrogen and oxygen atoms in total. The first kappa shape index (κ1) is 34.4. The Bertz CT molecular complexity index is 3490. The van der Waals surface area contributed by atoms with Gasteiger partial charge in [-0.1, -0.05) is 176 Å². The second kappa shape index (κ2) is 13.2.